The number of anilines is 1. The number of rotatable bonds is 6. The van der Waals surface area contributed by atoms with E-state index in [9.17, 15) is 9.59 Å². The fourth-order valence-corrected chi connectivity index (χ4v) is 3.64. The Kier molecular flexibility index (Phi) is 5.93. The maximum atomic E-state index is 12.3. The molecule has 6 nitrogen and oxygen atoms in total. The molecule has 3 rings (SSSR count). The maximum absolute atomic E-state index is 12.3. The summed E-state index contributed by atoms with van der Waals surface area (Å²) in [6.07, 6.45) is 5.65. The first-order valence-electron chi connectivity index (χ1n) is 8.41. The first-order valence-corrected chi connectivity index (χ1v) is 9.67. The van der Waals surface area contributed by atoms with Gasteiger partial charge in [0, 0.05) is 30.4 Å². The number of thiazole rings is 1. The number of nitrogens with one attached hydrogen (secondary N) is 1. The predicted molar refractivity (Wildman–Crippen MR) is 109 cm³/mol. The van der Waals surface area contributed by atoms with E-state index in [2.05, 4.69) is 10.3 Å². The van der Waals surface area contributed by atoms with E-state index in [-0.39, 0.29) is 18.4 Å². The molecule has 0 bridgehead atoms. The van der Waals surface area contributed by atoms with Crippen LogP contribution >= 0.6 is 22.9 Å². The third-order valence-corrected chi connectivity index (χ3v) is 5.10. The molecule has 0 spiro atoms. The average molecular weight is 403 g/mol. The van der Waals surface area contributed by atoms with Gasteiger partial charge in [-0.05, 0) is 24.1 Å². The highest BCUT2D eigenvalue weighted by atomic mass is 35.5. The highest BCUT2D eigenvalue weighted by Crippen LogP contribution is 2.22. The highest BCUT2D eigenvalue weighted by molar-refractivity contribution is 7.15. The molecule has 2 heterocycles. The van der Waals surface area contributed by atoms with Crippen molar-refractivity contribution in [2.75, 3.05) is 18.9 Å². The van der Waals surface area contributed by atoms with Crippen molar-refractivity contribution < 1.29 is 9.59 Å². The summed E-state index contributed by atoms with van der Waals surface area (Å²) in [6, 6.07) is 7.62. The van der Waals surface area contributed by atoms with Crippen LogP contribution < -0.4 is 5.32 Å². The van der Waals surface area contributed by atoms with E-state index in [4.69, 9.17) is 11.6 Å². The molecule has 0 atom stereocenters. The lowest BCUT2D eigenvalue weighted by atomic mass is 10.1. The summed E-state index contributed by atoms with van der Waals surface area (Å²) < 4.78 is 1.81. The van der Waals surface area contributed by atoms with E-state index in [0.717, 1.165) is 22.6 Å². The summed E-state index contributed by atoms with van der Waals surface area (Å²) in [5, 5.41) is 5.08. The summed E-state index contributed by atoms with van der Waals surface area (Å²) in [4.78, 5) is 30.9. The minimum absolute atomic E-state index is 0.0464. The number of amides is 2. The van der Waals surface area contributed by atoms with Crippen LogP contribution in [0.2, 0.25) is 5.15 Å². The van der Waals surface area contributed by atoms with Gasteiger partial charge in [-0.25, -0.2) is 4.98 Å². The van der Waals surface area contributed by atoms with Crippen LogP contribution in [0.5, 0.6) is 0 Å². The second-order valence-corrected chi connectivity index (χ2v) is 7.16. The second kappa shape index (κ2) is 8.37. The van der Waals surface area contributed by atoms with Crippen LogP contribution in [0.3, 0.4) is 0 Å². The number of para-hydroxylation sites is 1. The molecule has 0 radical (unpaired) electrons. The van der Waals surface area contributed by atoms with Gasteiger partial charge in [0.1, 0.15) is 0 Å². The number of halogens is 1. The summed E-state index contributed by atoms with van der Waals surface area (Å²) >= 11 is 7.57. The first-order chi connectivity index (χ1) is 13.0. The molecule has 0 saturated heterocycles. The van der Waals surface area contributed by atoms with Crippen LogP contribution in [0.25, 0.3) is 11.0 Å². The van der Waals surface area contributed by atoms with E-state index in [0.29, 0.717) is 10.8 Å². The fraction of sp³-hybridized carbons (Fsp3) is 0.211. The second-order valence-electron chi connectivity index (χ2n) is 5.93. The number of hydrogen-bond acceptors (Lipinski definition) is 4. The van der Waals surface area contributed by atoms with Gasteiger partial charge < -0.3 is 10.2 Å². The minimum atomic E-state index is -0.296. The van der Waals surface area contributed by atoms with Gasteiger partial charge in [-0.3, -0.25) is 14.0 Å². The van der Waals surface area contributed by atoms with Crippen LogP contribution in [0, 0.1) is 0 Å². The van der Waals surface area contributed by atoms with E-state index >= 15 is 0 Å². The Morgan fingerprint density at radius 2 is 2.15 bits per heavy atom. The number of carbonyl (C=O) groups excluding carboxylic acids is 2. The third kappa shape index (κ3) is 4.37. The molecule has 0 aliphatic heterocycles. The van der Waals surface area contributed by atoms with Crippen molar-refractivity contribution in [1.82, 2.24) is 14.3 Å². The minimum Gasteiger partial charge on any atom is -0.333 e. The van der Waals surface area contributed by atoms with E-state index in [1.807, 2.05) is 47.2 Å². The van der Waals surface area contributed by atoms with Crippen LogP contribution in [0.15, 0.2) is 41.9 Å². The number of imidazole rings is 1. The average Bonchev–Trinajstić information content (AvgIpc) is 3.20. The molecule has 1 N–H and O–H groups in total. The molecule has 2 aromatic heterocycles. The molecular formula is C19H19ClN4O2S. The van der Waals surface area contributed by atoms with E-state index in [1.165, 1.54) is 22.3 Å². The Morgan fingerprint density at radius 1 is 1.37 bits per heavy atom. The van der Waals surface area contributed by atoms with Crippen molar-refractivity contribution in [2.24, 2.45) is 0 Å². The van der Waals surface area contributed by atoms with Crippen molar-refractivity contribution in [3.8, 4) is 0 Å². The van der Waals surface area contributed by atoms with Gasteiger partial charge in [-0.1, -0.05) is 36.7 Å². The smallest absolute Gasteiger partial charge is 0.246 e. The van der Waals surface area contributed by atoms with Gasteiger partial charge in [0.05, 0.1) is 12.2 Å². The van der Waals surface area contributed by atoms with Crippen molar-refractivity contribution in [3.05, 3.63) is 58.3 Å². The number of aromatic nitrogens is 2. The fourth-order valence-electron chi connectivity index (χ4n) is 2.64. The van der Waals surface area contributed by atoms with Crippen molar-refractivity contribution in [3.63, 3.8) is 0 Å². The molecule has 0 unspecified atom stereocenters. The van der Waals surface area contributed by atoms with Gasteiger partial charge in [0.15, 0.2) is 10.1 Å². The monoisotopic (exact) mass is 402 g/mol. The molecule has 1 aromatic carbocycles. The summed E-state index contributed by atoms with van der Waals surface area (Å²) in [5.74, 6) is -0.544. The topological polar surface area (TPSA) is 66.7 Å². The zero-order chi connectivity index (χ0) is 19.4. The van der Waals surface area contributed by atoms with E-state index in [1.54, 1.807) is 13.1 Å². The van der Waals surface area contributed by atoms with Gasteiger partial charge in [-0.2, -0.15) is 0 Å². The number of fused-ring (bicyclic) bond motifs is 1. The summed E-state index contributed by atoms with van der Waals surface area (Å²) in [7, 11) is 1.58. The Labute approximate surface area is 166 Å². The number of aryl methyl sites for hydroxylation is 1. The molecule has 0 aliphatic carbocycles. The van der Waals surface area contributed by atoms with E-state index < -0.39 is 0 Å². The Morgan fingerprint density at radius 3 is 2.93 bits per heavy atom. The van der Waals surface area contributed by atoms with Crippen molar-refractivity contribution >= 4 is 51.5 Å². The molecule has 8 heteroatoms. The van der Waals surface area contributed by atoms with Crippen molar-refractivity contribution in [1.29, 1.82) is 0 Å². The lowest BCUT2D eigenvalue weighted by molar-refractivity contribution is -0.129. The molecule has 27 heavy (non-hydrogen) atoms. The molecule has 0 fully saturated rings. The third-order valence-electron chi connectivity index (χ3n) is 4.07. The lowest BCUT2D eigenvalue weighted by Gasteiger charge is -2.16. The Hall–Kier alpha value is -2.64. The first kappa shape index (κ1) is 19.1. The van der Waals surface area contributed by atoms with Gasteiger partial charge >= 0.3 is 0 Å². The quantitative estimate of drug-likeness (QED) is 0.639. The Balaban J connectivity index is 1.62. The lowest BCUT2D eigenvalue weighted by Crippen LogP contribution is -2.34. The maximum Gasteiger partial charge on any atom is 0.246 e. The van der Waals surface area contributed by atoms with Crippen LogP contribution in [-0.4, -0.2) is 39.7 Å². The SMILES string of the molecule is CCc1ccccc1NC(=O)CN(C)C(=O)/C=C/c1c(Cl)nc2sccn12. The number of likely N-dealkylation sites (N-methyl/N-ethyl adjacent to an activating group) is 1. The normalized spacial score (nSPS) is 11.2. The number of benzene rings is 1. The summed E-state index contributed by atoms with van der Waals surface area (Å²) in [6.45, 7) is 1.98. The largest absolute Gasteiger partial charge is 0.333 e. The molecule has 0 saturated carbocycles. The standard InChI is InChI=1S/C19H19ClN4O2S/c1-3-13-6-4-5-7-14(13)21-16(25)12-23(2)17(26)9-8-15-18(20)22-19-24(15)10-11-27-19/h4-11H,3,12H2,1-2H3,(H,21,25)/b9-8+. The summed E-state index contributed by atoms with van der Waals surface area (Å²) in [5.41, 5.74) is 2.46. The highest BCUT2D eigenvalue weighted by Gasteiger charge is 2.13. The zero-order valence-electron chi connectivity index (χ0n) is 15.0. The van der Waals surface area contributed by atoms with Crippen molar-refractivity contribution in [2.45, 2.75) is 13.3 Å². The number of hydrogen-bond donors (Lipinski definition) is 1. The molecule has 0 aliphatic rings. The van der Waals surface area contributed by atoms with Crippen LogP contribution in [0.1, 0.15) is 18.2 Å². The van der Waals surface area contributed by atoms with Crippen LogP contribution in [-0.2, 0) is 16.0 Å². The molecule has 3 aromatic rings. The zero-order valence-corrected chi connectivity index (χ0v) is 16.5. The predicted octanol–water partition coefficient (Wildman–Crippen LogP) is 3.72. The van der Waals surface area contributed by atoms with Gasteiger partial charge in [0.2, 0.25) is 11.8 Å². The number of carbonyl (C=O) groups is 2. The Bertz CT molecular complexity index is 1010. The number of nitrogens with zero attached hydrogens (tertiary/aromatic N) is 3. The molecule has 140 valence electrons. The van der Waals surface area contributed by atoms with Gasteiger partial charge in [-0.15, -0.1) is 11.3 Å². The van der Waals surface area contributed by atoms with Gasteiger partial charge in [0.25, 0.3) is 0 Å². The van der Waals surface area contributed by atoms with Crippen LogP contribution in [0.4, 0.5) is 5.69 Å². The molecule has 2 amide bonds. The molecular weight excluding hydrogens is 384 g/mol.